The molecule has 3 fully saturated rings. The van der Waals surface area contributed by atoms with Gasteiger partial charge in [0.25, 0.3) is 0 Å². The molecule has 2 aliphatic carbocycles. The fourth-order valence-corrected chi connectivity index (χ4v) is 5.53. The summed E-state index contributed by atoms with van der Waals surface area (Å²) in [5.41, 5.74) is 1.58. The van der Waals surface area contributed by atoms with Crippen molar-refractivity contribution >= 4 is 5.97 Å². The molecule has 1 saturated heterocycles. The fraction of sp³-hybridized carbons (Fsp3) is 0.750. The lowest BCUT2D eigenvalue weighted by molar-refractivity contribution is -0.151. The SMILES string of the molecule is C=C1CCC2[C@](C)(CO)[C@H](O)CC[C@@]2(C)[C@@H]1C/C=C1\CCOC1=O. The molecule has 1 unspecified atom stereocenters. The summed E-state index contributed by atoms with van der Waals surface area (Å²) in [6.07, 6.45) is 6.65. The van der Waals surface area contributed by atoms with Crippen molar-refractivity contribution in [1.82, 2.24) is 0 Å². The van der Waals surface area contributed by atoms with Crippen molar-refractivity contribution in [2.24, 2.45) is 22.7 Å². The quantitative estimate of drug-likeness (QED) is 0.473. The summed E-state index contributed by atoms with van der Waals surface area (Å²) in [5, 5.41) is 20.5. The van der Waals surface area contributed by atoms with Crippen molar-refractivity contribution < 1.29 is 19.7 Å². The Kier molecular flexibility index (Phi) is 4.65. The van der Waals surface area contributed by atoms with E-state index in [2.05, 4.69) is 13.5 Å². The van der Waals surface area contributed by atoms with Gasteiger partial charge in [-0.15, -0.1) is 0 Å². The summed E-state index contributed by atoms with van der Waals surface area (Å²) in [4.78, 5) is 11.7. The Hall–Kier alpha value is -1.13. The zero-order valence-electron chi connectivity index (χ0n) is 14.9. The summed E-state index contributed by atoms with van der Waals surface area (Å²) in [6, 6.07) is 0. The Morgan fingerprint density at radius 1 is 1.33 bits per heavy atom. The van der Waals surface area contributed by atoms with Gasteiger partial charge in [-0.3, -0.25) is 0 Å². The maximum Gasteiger partial charge on any atom is 0.333 e. The molecule has 0 aromatic carbocycles. The molecule has 1 aliphatic heterocycles. The molecular formula is C20H30O4. The molecule has 134 valence electrons. The number of fused-ring (bicyclic) bond motifs is 1. The number of aliphatic hydroxyl groups excluding tert-OH is 2. The summed E-state index contributed by atoms with van der Waals surface area (Å²) >= 11 is 0. The first kappa shape index (κ1) is 17.7. The fourth-order valence-electron chi connectivity index (χ4n) is 5.53. The number of esters is 1. The number of carbonyl (C=O) groups excluding carboxylic acids is 1. The zero-order valence-corrected chi connectivity index (χ0v) is 14.9. The molecule has 1 heterocycles. The summed E-state index contributed by atoms with van der Waals surface area (Å²) in [5.74, 6) is 0.371. The normalized spacial score (nSPS) is 44.5. The van der Waals surface area contributed by atoms with Gasteiger partial charge in [0.15, 0.2) is 0 Å². The lowest BCUT2D eigenvalue weighted by atomic mass is 9.46. The zero-order chi connectivity index (χ0) is 17.5. The second-order valence-electron chi connectivity index (χ2n) is 8.38. The first-order valence-corrected chi connectivity index (χ1v) is 9.15. The molecule has 3 aliphatic rings. The van der Waals surface area contributed by atoms with Crippen LogP contribution in [0.1, 0.15) is 52.4 Å². The maximum absolute atomic E-state index is 11.7. The van der Waals surface area contributed by atoms with Crippen LogP contribution in [0.4, 0.5) is 0 Å². The van der Waals surface area contributed by atoms with Crippen LogP contribution >= 0.6 is 0 Å². The minimum atomic E-state index is -0.453. The van der Waals surface area contributed by atoms with E-state index in [1.807, 2.05) is 13.0 Å². The third-order valence-corrected chi connectivity index (χ3v) is 7.16. The van der Waals surface area contributed by atoms with Gasteiger partial charge in [-0.05, 0) is 49.4 Å². The topological polar surface area (TPSA) is 66.8 Å². The minimum Gasteiger partial charge on any atom is -0.462 e. The molecule has 5 atom stereocenters. The molecule has 0 radical (unpaired) electrons. The average molecular weight is 334 g/mol. The van der Waals surface area contributed by atoms with Crippen LogP contribution < -0.4 is 0 Å². The van der Waals surface area contributed by atoms with Gasteiger partial charge in [0.2, 0.25) is 0 Å². The number of carbonyl (C=O) groups is 1. The summed E-state index contributed by atoms with van der Waals surface area (Å²) in [7, 11) is 0. The number of hydrogen-bond donors (Lipinski definition) is 2. The smallest absolute Gasteiger partial charge is 0.333 e. The van der Waals surface area contributed by atoms with E-state index in [1.54, 1.807) is 0 Å². The van der Waals surface area contributed by atoms with Gasteiger partial charge in [0.05, 0.1) is 19.3 Å². The molecule has 4 nitrogen and oxygen atoms in total. The Balaban J connectivity index is 1.88. The van der Waals surface area contributed by atoms with Crippen molar-refractivity contribution in [3.8, 4) is 0 Å². The molecule has 0 amide bonds. The predicted octanol–water partition coefficient (Wildman–Crippen LogP) is 2.99. The molecule has 0 spiro atoms. The molecule has 24 heavy (non-hydrogen) atoms. The lowest BCUT2D eigenvalue weighted by Crippen LogP contribution is -2.57. The van der Waals surface area contributed by atoms with Crippen LogP contribution in [0.3, 0.4) is 0 Å². The highest BCUT2D eigenvalue weighted by Crippen LogP contribution is 2.61. The highest BCUT2D eigenvalue weighted by atomic mass is 16.5. The monoisotopic (exact) mass is 334 g/mol. The molecule has 0 aromatic heterocycles. The Bertz CT molecular complexity index is 566. The van der Waals surface area contributed by atoms with Crippen LogP contribution in [-0.4, -0.2) is 35.5 Å². The van der Waals surface area contributed by atoms with Crippen LogP contribution in [0, 0.1) is 22.7 Å². The molecule has 0 aromatic rings. The van der Waals surface area contributed by atoms with E-state index in [4.69, 9.17) is 4.74 Å². The second kappa shape index (κ2) is 6.30. The van der Waals surface area contributed by atoms with Gasteiger partial charge in [-0.2, -0.15) is 0 Å². The molecule has 2 N–H and O–H groups in total. The maximum atomic E-state index is 11.7. The van der Waals surface area contributed by atoms with E-state index in [9.17, 15) is 15.0 Å². The molecule has 3 rings (SSSR count). The Morgan fingerprint density at radius 3 is 2.71 bits per heavy atom. The van der Waals surface area contributed by atoms with Crippen molar-refractivity contribution in [1.29, 1.82) is 0 Å². The number of aliphatic hydroxyl groups is 2. The number of ether oxygens (including phenoxy) is 1. The van der Waals surface area contributed by atoms with E-state index in [1.165, 1.54) is 5.57 Å². The van der Waals surface area contributed by atoms with Crippen molar-refractivity contribution in [2.75, 3.05) is 13.2 Å². The van der Waals surface area contributed by atoms with Crippen molar-refractivity contribution in [2.45, 2.75) is 58.5 Å². The lowest BCUT2D eigenvalue weighted by Gasteiger charge is -2.59. The number of allylic oxidation sites excluding steroid dienone is 2. The minimum absolute atomic E-state index is 0.00557. The standard InChI is InChI=1S/C20H30O4/c1-13-4-7-16-19(2,10-8-17(22)20(16,3)12-21)15(13)6-5-14-9-11-24-18(14)23/h5,15-17,21-22H,1,4,6-12H2,2-3H3/b14-5+/t15-,16?,17-,19+,20+/m1/s1. The first-order valence-electron chi connectivity index (χ1n) is 9.15. The Labute approximate surface area is 144 Å². The van der Waals surface area contributed by atoms with Gasteiger partial charge in [0, 0.05) is 17.4 Å². The third kappa shape index (κ3) is 2.64. The largest absolute Gasteiger partial charge is 0.462 e. The van der Waals surface area contributed by atoms with Crippen molar-refractivity contribution in [3.05, 3.63) is 23.8 Å². The van der Waals surface area contributed by atoms with E-state index in [0.717, 1.165) is 31.3 Å². The van der Waals surface area contributed by atoms with E-state index < -0.39 is 11.5 Å². The van der Waals surface area contributed by atoms with Crippen LogP contribution in [0.5, 0.6) is 0 Å². The van der Waals surface area contributed by atoms with Crippen LogP contribution in [0.25, 0.3) is 0 Å². The first-order chi connectivity index (χ1) is 11.3. The number of hydrogen-bond acceptors (Lipinski definition) is 4. The highest BCUT2D eigenvalue weighted by molar-refractivity contribution is 5.90. The highest BCUT2D eigenvalue weighted by Gasteiger charge is 2.57. The summed E-state index contributed by atoms with van der Waals surface area (Å²) < 4.78 is 5.03. The van der Waals surface area contributed by atoms with Gasteiger partial charge in [0.1, 0.15) is 0 Å². The molecule has 4 heteroatoms. The summed E-state index contributed by atoms with van der Waals surface area (Å²) in [6.45, 7) is 9.14. The van der Waals surface area contributed by atoms with Crippen LogP contribution in [0.15, 0.2) is 23.8 Å². The van der Waals surface area contributed by atoms with Gasteiger partial charge >= 0.3 is 5.97 Å². The Morgan fingerprint density at radius 2 is 2.08 bits per heavy atom. The van der Waals surface area contributed by atoms with Gasteiger partial charge < -0.3 is 14.9 Å². The van der Waals surface area contributed by atoms with Gasteiger partial charge in [-0.1, -0.05) is 32.1 Å². The average Bonchev–Trinajstić information content (AvgIpc) is 2.96. The molecule has 2 saturated carbocycles. The van der Waals surface area contributed by atoms with Crippen LogP contribution in [-0.2, 0) is 9.53 Å². The van der Waals surface area contributed by atoms with E-state index in [0.29, 0.717) is 19.4 Å². The number of rotatable bonds is 3. The van der Waals surface area contributed by atoms with Crippen LogP contribution in [0.2, 0.25) is 0 Å². The number of cyclic esters (lactones) is 1. The van der Waals surface area contributed by atoms with Crippen molar-refractivity contribution in [3.63, 3.8) is 0 Å². The second-order valence-corrected chi connectivity index (χ2v) is 8.38. The third-order valence-electron chi connectivity index (χ3n) is 7.16. The molecular weight excluding hydrogens is 304 g/mol. The van der Waals surface area contributed by atoms with Gasteiger partial charge in [-0.25, -0.2) is 4.79 Å². The van der Waals surface area contributed by atoms with E-state index >= 15 is 0 Å². The van der Waals surface area contributed by atoms with E-state index in [-0.39, 0.29) is 29.8 Å². The molecule has 0 bridgehead atoms. The predicted molar refractivity (Wildman–Crippen MR) is 92.2 cm³/mol.